The fraction of sp³-hybridized carbons (Fsp3) is 0.417. The minimum atomic E-state index is -0.530. The summed E-state index contributed by atoms with van der Waals surface area (Å²) in [5.74, 6) is 0.144. The predicted molar refractivity (Wildman–Crippen MR) is 118 cm³/mol. The number of carbonyl (C=O) groups excluding carboxylic acids is 2. The van der Waals surface area contributed by atoms with Gasteiger partial charge in [-0.05, 0) is 48.9 Å². The number of rotatable bonds is 8. The molecule has 0 bridgehead atoms. The highest BCUT2D eigenvalue weighted by molar-refractivity contribution is 8.00. The minimum Gasteiger partial charge on any atom is -0.467 e. The molecule has 0 saturated carbocycles. The second-order valence-corrected chi connectivity index (χ2v) is 8.57. The number of carbonyl (C=O) groups is 2. The van der Waals surface area contributed by atoms with E-state index in [1.165, 1.54) is 18.2 Å². The molecular formula is C24H29NO3S. The van der Waals surface area contributed by atoms with Crippen LogP contribution in [-0.2, 0) is 22.4 Å². The van der Waals surface area contributed by atoms with E-state index in [4.69, 9.17) is 4.74 Å². The highest BCUT2D eigenvalue weighted by Gasteiger charge is 2.42. The van der Waals surface area contributed by atoms with Crippen molar-refractivity contribution in [3.8, 4) is 0 Å². The molecule has 1 fully saturated rings. The average molecular weight is 412 g/mol. The van der Waals surface area contributed by atoms with Crippen molar-refractivity contribution in [1.82, 2.24) is 4.90 Å². The summed E-state index contributed by atoms with van der Waals surface area (Å²) in [6.07, 6.45) is 4.99. The van der Waals surface area contributed by atoms with Crippen LogP contribution in [0.15, 0.2) is 54.6 Å². The fourth-order valence-electron chi connectivity index (χ4n) is 3.65. The number of nitrogens with zero attached hydrogens (tertiary/aromatic N) is 1. The first kappa shape index (κ1) is 21.4. The topological polar surface area (TPSA) is 46.6 Å². The van der Waals surface area contributed by atoms with E-state index in [0.29, 0.717) is 11.3 Å². The highest BCUT2D eigenvalue weighted by Crippen LogP contribution is 2.34. The smallest absolute Gasteiger partial charge is 0.329 e. The van der Waals surface area contributed by atoms with E-state index < -0.39 is 6.04 Å². The normalized spacial score (nSPS) is 18.6. The Morgan fingerprint density at radius 3 is 2.38 bits per heavy atom. The standard InChI is InChI=1S/C24H29NO3S/c1-3-4-8-19-11-14-20(15-12-19)23(26)25-21(24(27)28-2)17-29-22(25)16-13-18-9-6-5-7-10-18/h5-7,9-12,14-15,21-22H,3-4,8,13,16-17H2,1-2H3. The molecule has 0 N–H and O–H groups in total. The fourth-order valence-corrected chi connectivity index (χ4v) is 5.04. The highest BCUT2D eigenvalue weighted by atomic mass is 32.2. The molecule has 3 rings (SSSR count). The Labute approximate surface area is 177 Å². The van der Waals surface area contributed by atoms with Crippen molar-refractivity contribution >= 4 is 23.6 Å². The molecule has 1 heterocycles. The van der Waals surface area contributed by atoms with Gasteiger partial charge in [-0.15, -0.1) is 11.8 Å². The predicted octanol–water partition coefficient (Wildman–Crippen LogP) is 4.72. The Morgan fingerprint density at radius 2 is 1.72 bits per heavy atom. The Balaban J connectivity index is 1.75. The largest absolute Gasteiger partial charge is 0.467 e. The number of aryl methyl sites for hydroxylation is 2. The van der Waals surface area contributed by atoms with Crippen LogP contribution < -0.4 is 0 Å². The summed E-state index contributed by atoms with van der Waals surface area (Å²) in [7, 11) is 1.38. The van der Waals surface area contributed by atoms with Crippen LogP contribution in [-0.4, -0.2) is 41.1 Å². The Hall–Kier alpha value is -2.27. The van der Waals surface area contributed by atoms with Gasteiger partial charge in [-0.1, -0.05) is 55.8 Å². The molecular weight excluding hydrogens is 382 g/mol. The van der Waals surface area contributed by atoms with Crippen LogP contribution in [0.5, 0.6) is 0 Å². The Morgan fingerprint density at radius 1 is 1.03 bits per heavy atom. The maximum atomic E-state index is 13.3. The molecule has 1 saturated heterocycles. The zero-order valence-electron chi connectivity index (χ0n) is 17.2. The molecule has 2 aromatic rings. The molecule has 0 aromatic heterocycles. The van der Waals surface area contributed by atoms with E-state index in [2.05, 4.69) is 19.1 Å². The first-order valence-electron chi connectivity index (χ1n) is 10.3. The lowest BCUT2D eigenvalue weighted by molar-refractivity contribution is -0.145. The van der Waals surface area contributed by atoms with Crippen molar-refractivity contribution in [2.24, 2.45) is 0 Å². The van der Waals surface area contributed by atoms with E-state index in [9.17, 15) is 9.59 Å². The van der Waals surface area contributed by atoms with Gasteiger partial charge in [0.15, 0.2) is 0 Å². The molecule has 29 heavy (non-hydrogen) atoms. The van der Waals surface area contributed by atoms with Crippen molar-refractivity contribution in [1.29, 1.82) is 0 Å². The SMILES string of the molecule is CCCCc1ccc(C(=O)N2C(CCc3ccccc3)SCC2C(=O)OC)cc1. The summed E-state index contributed by atoms with van der Waals surface area (Å²) in [6.45, 7) is 2.17. The molecule has 4 nitrogen and oxygen atoms in total. The zero-order valence-corrected chi connectivity index (χ0v) is 18.0. The summed E-state index contributed by atoms with van der Waals surface area (Å²) in [5.41, 5.74) is 3.11. The van der Waals surface area contributed by atoms with Crippen LogP contribution in [0.4, 0.5) is 0 Å². The van der Waals surface area contributed by atoms with Crippen LogP contribution in [0.2, 0.25) is 0 Å². The van der Waals surface area contributed by atoms with Crippen molar-refractivity contribution in [3.05, 3.63) is 71.3 Å². The molecule has 2 unspecified atom stereocenters. The number of benzene rings is 2. The van der Waals surface area contributed by atoms with Gasteiger partial charge in [0.2, 0.25) is 0 Å². The van der Waals surface area contributed by atoms with E-state index in [1.807, 2.05) is 42.5 Å². The molecule has 1 aliphatic rings. The number of amides is 1. The third-order valence-corrected chi connectivity index (χ3v) is 6.70. The van der Waals surface area contributed by atoms with Crippen LogP contribution in [0.1, 0.15) is 47.7 Å². The summed E-state index contributed by atoms with van der Waals surface area (Å²) in [6, 6.07) is 17.5. The average Bonchev–Trinajstić information content (AvgIpc) is 3.20. The molecule has 2 aromatic carbocycles. The maximum Gasteiger partial charge on any atom is 0.329 e. The molecule has 0 radical (unpaired) electrons. The van der Waals surface area contributed by atoms with Crippen molar-refractivity contribution in [2.75, 3.05) is 12.9 Å². The van der Waals surface area contributed by atoms with Gasteiger partial charge in [-0.3, -0.25) is 4.79 Å². The number of hydrogen-bond donors (Lipinski definition) is 0. The van der Waals surface area contributed by atoms with Gasteiger partial charge in [0.25, 0.3) is 5.91 Å². The van der Waals surface area contributed by atoms with E-state index in [-0.39, 0.29) is 17.3 Å². The second kappa shape index (κ2) is 10.5. The summed E-state index contributed by atoms with van der Waals surface area (Å²) in [5, 5.41) is -0.0356. The van der Waals surface area contributed by atoms with Gasteiger partial charge < -0.3 is 9.64 Å². The molecule has 1 aliphatic heterocycles. The third-order valence-electron chi connectivity index (χ3n) is 5.34. The van der Waals surface area contributed by atoms with E-state index in [0.717, 1.165) is 32.1 Å². The lowest BCUT2D eigenvalue weighted by atomic mass is 10.0. The van der Waals surface area contributed by atoms with Crippen LogP contribution in [0.3, 0.4) is 0 Å². The van der Waals surface area contributed by atoms with Crippen molar-refractivity contribution < 1.29 is 14.3 Å². The van der Waals surface area contributed by atoms with Crippen LogP contribution in [0.25, 0.3) is 0 Å². The van der Waals surface area contributed by atoms with Gasteiger partial charge in [-0.2, -0.15) is 0 Å². The molecule has 0 aliphatic carbocycles. The van der Waals surface area contributed by atoms with Gasteiger partial charge in [0.1, 0.15) is 6.04 Å². The number of methoxy groups -OCH3 is 1. The van der Waals surface area contributed by atoms with Crippen LogP contribution >= 0.6 is 11.8 Å². The summed E-state index contributed by atoms with van der Waals surface area (Å²) < 4.78 is 4.98. The number of thioether (sulfide) groups is 1. The van der Waals surface area contributed by atoms with Crippen LogP contribution in [0, 0.1) is 0 Å². The minimum absolute atomic E-state index is 0.0356. The molecule has 2 atom stereocenters. The van der Waals surface area contributed by atoms with Crippen molar-refractivity contribution in [3.63, 3.8) is 0 Å². The second-order valence-electron chi connectivity index (χ2n) is 7.36. The van der Waals surface area contributed by atoms with Gasteiger partial charge in [-0.25, -0.2) is 4.79 Å². The molecule has 154 valence electrons. The van der Waals surface area contributed by atoms with Gasteiger partial charge in [0, 0.05) is 11.3 Å². The Kier molecular flexibility index (Phi) is 7.76. The number of esters is 1. The number of unbranched alkanes of at least 4 members (excludes halogenated alkanes) is 1. The first-order valence-corrected chi connectivity index (χ1v) is 11.3. The molecule has 5 heteroatoms. The maximum absolute atomic E-state index is 13.3. The quantitative estimate of drug-likeness (QED) is 0.590. The number of hydrogen-bond acceptors (Lipinski definition) is 4. The molecule has 1 amide bonds. The monoisotopic (exact) mass is 411 g/mol. The summed E-state index contributed by atoms with van der Waals surface area (Å²) >= 11 is 1.66. The Bertz CT molecular complexity index is 807. The van der Waals surface area contributed by atoms with E-state index in [1.54, 1.807) is 16.7 Å². The van der Waals surface area contributed by atoms with Crippen molar-refractivity contribution in [2.45, 2.75) is 50.4 Å². The number of ether oxygens (including phenoxy) is 1. The zero-order chi connectivity index (χ0) is 20.6. The van der Waals surface area contributed by atoms with E-state index >= 15 is 0 Å². The third kappa shape index (κ3) is 5.41. The van der Waals surface area contributed by atoms with Gasteiger partial charge >= 0.3 is 5.97 Å². The lowest BCUT2D eigenvalue weighted by Gasteiger charge is -2.28. The summed E-state index contributed by atoms with van der Waals surface area (Å²) in [4.78, 5) is 27.4. The molecule has 0 spiro atoms. The first-order chi connectivity index (χ1) is 14.1. The lowest BCUT2D eigenvalue weighted by Crippen LogP contribution is -2.46. The van der Waals surface area contributed by atoms with Gasteiger partial charge in [0.05, 0.1) is 12.5 Å².